The third-order valence-corrected chi connectivity index (χ3v) is 2.24. The van der Waals surface area contributed by atoms with Gasteiger partial charge in [-0.1, -0.05) is 6.92 Å². The number of pyridine rings is 1. The lowest BCUT2D eigenvalue weighted by Gasteiger charge is -2.01. The van der Waals surface area contributed by atoms with Crippen molar-refractivity contribution in [2.24, 2.45) is 0 Å². The Morgan fingerprint density at radius 1 is 1.64 bits per heavy atom. The molecule has 11 heavy (non-hydrogen) atoms. The van der Waals surface area contributed by atoms with E-state index in [1.54, 1.807) is 0 Å². The molecular formula is C8H10BrNO. The van der Waals surface area contributed by atoms with E-state index in [2.05, 4.69) is 20.9 Å². The summed E-state index contributed by atoms with van der Waals surface area (Å²) in [6.45, 7) is 4.01. The highest BCUT2D eigenvalue weighted by atomic mass is 79.9. The van der Waals surface area contributed by atoms with Gasteiger partial charge in [-0.15, -0.1) is 0 Å². The first-order chi connectivity index (χ1) is 5.15. The van der Waals surface area contributed by atoms with E-state index in [9.17, 15) is 4.79 Å². The first-order valence-electron chi connectivity index (χ1n) is 3.53. The van der Waals surface area contributed by atoms with Crippen molar-refractivity contribution >= 4 is 15.9 Å². The van der Waals surface area contributed by atoms with Crippen LogP contribution in [-0.2, 0) is 6.42 Å². The standard InChI is InChI=1S/C8H10BrNO/c1-3-7-5(2)4-6(9)8(11)10-7/h4H,3H2,1-2H3,(H,10,11). The Labute approximate surface area is 73.8 Å². The third-order valence-electron chi connectivity index (χ3n) is 1.65. The van der Waals surface area contributed by atoms with Gasteiger partial charge in [0.15, 0.2) is 0 Å². The van der Waals surface area contributed by atoms with E-state index in [4.69, 9.17) is 0 Å². The molecule has 1 aromatic rings. The number of H-pyrrole nitrogens is 1. The Morgan fingerprint density at radius 2 is 2.27 bits per heavy atom. The van der Waals surface area contributed by atoms with Crippen LogP contribution in [0, 0.1) is 6.92 Å². The van der Waals surface area contributed by atoms with Gasteiger partial charge in [0.2, 0.25) is 0 Å². The van der Waals surface area contributed by atoms with E-state index in [0.717, 1.165) is 17.7 Å². The molecule has 3 heteroatoms. The van der Waals surface area contributed by atoms with Crippen LogP contribution in [0.1, 0.15) is 18.2 Å². The van der Waals surface area contributed by atoms with Crippen molar-refractivity contribution in [2.45, 2.75) is 20.3 Å². The smallest absolute Gasteiger partial charge is 0.262 e. The molecule has 1 heterocycles. The molecule has 0 aliphatic heterocycles. The van der Waals surface area contributed by atoms with Gasteiger partial charge < -0.3 is 4.98 Å². The second kappa shape index (κ2) is 3.22. The maximum atomic E-state index is 11.0. The molecule has 0 saturated heterocycles. The lowest BCUT2D eigenvalue weighted by atomic mass is 10.2. The molecule has 0 unspecified atom stereocenters. The molecule has 0 aromatic carbocycles. The van der Waals surface area contributed by atoms with Gasteiger partial charge in [-0.25, -0.2) is 0 Å². The molecule has 60 valence electrons. The Morgan fingerprint density at radius 3 is 2.82 bits per heavy atom. The van der Waals surface area contributed by atoms with Crippen molar-refractivity contribution in [3.05, 3.63) is 32.2 Å². The van der Waals surface area contributed by atoms with Crippen LogP contribution >= 0.6 is 15.9 Å². The van der Waals surface area contributed by atoms with Crippen LogP contribution < -0.4 is 5.56 Å². The van der Waals surface area contributed by atoms with Gasteiger partial charge in [-0.05, 0) is 40.9 Å². The van der Waals surface area contributed by atoms with Crippen LogP contribution in [0.5, 0.6) is 0 Å². The van der Waals surface area contributed by atoms with Crippen LogP contribution in [0.4, 0.5) is 0 Å². The molecule has 0 atom stereocenters. The molecule has 1 aromatic heterocycles. The minimum absolute atomic E-state index is 0.0487. The normalized spacial score (nSPS) is 10.1. The average molecular weight is 216 g/mol. The Kier molecular flexibility index (Phi) is 2.49. The highest BCUT2D eigenvalue weighted by Crippen LogP contribution is 2.08. The largest absolute Gasteiger partial charge is 0.325 e. The number of hydrogen-bond donors (Lipinski definition) is 1. The lowest BCUT2D eigenvalue weighted by molar-refractivity contribution is 0.980. The van der Waals surface area contributed by atoms with Crippen LogP contribution in [0.15, 0.2) is 15.3 Å². The lowest BCUT2D eigenvalue weighted by Crippen LogP contribution is -2.10. The molecule has 2 nitrogen and oxygen atoms in total. The van der Waals surface area contributed by atoms with Gasteiger partial charge >= 0.3 is 0 Å². The molecule has 0 saturated carbocycles. The van der Waals surface area contributed by atoms with E-state index >= 15 is 0 Å². The zero-order chi connectivity index (χ0) is 8.43. The van der Waals surface area contributed by atoms with E-state index in [1.807, 2.05) is 19.9 Å². The summed E-state index contributed by atoms with van der Waals surface area (Å²) in [5.41, 5.74) is 2.09. The fourth-order valence-corrected chi connectivity index (χ4v) is 1.45. The number of aromatic amines is 1. The van der Waals surface area contributed by atoms with Gasteiger partial charge in [-0.2, -0.15) is 0 Å². The molecule has 0 fully saturated rings. The first kappa shape index (κ1) is 8.53. The molecule has 0 amide bonds. The van der Waals surface area contributed by atoms with E-state index in [1.165, 1.54) is 0 Å². The summed E-state index contributed by atoms with van der Waals surface area (Å²) in [5.74, 6) is 0. The summed E-state index contributed by atoms with van der Waals surface area (Å²) in [5, 5.41) is 0. The highest BCUT2D eigenvalue weighted by Gasteiger charge is 1.99. The van der Waals surface area contributed by atoms with E-state index in [0.29, 0.717) is 4.47 Å². The number of aromatic nitrogens is 1. The predicted molar refractivity (Wildman–Crippen MR) is 48.9 cm³/mol. The topological polar surface area (TPSA) is 32.9 Å². The summed E-state index contributed by atoms with van der Waals surface area (Å²) in [6, 6.07) is 1.84. The summed E-state index contributed by atoms with van der Waals surface area (Å²) < 4.78 is 0.604. The zero-order valence-electron chi connectivity index (χ0n) is 6.57. The summed E-state index contributed by atoms with van der Waals surface area (Å²) >= 11 is 3.17. The summed E-state index contributed by atoms with van der Waals surface area (Å²) in [4.78, 5) is 13.8. The number of hydrogen-bond acceptors (Lipinski definition) is 1. The minimum atomic E-state index is -0.0487. The van der Waals surface area contributed by atoms with Crippen LogP contribution in [0.3, 0.4) is 0 Å². The summed E-state index contributed by atoms with van der Waals surface area (Å²) in [6.07, 6.45) is 0.869. The quantitative estimate of drug-likeness (QED) is 0.765. The molecular weight excluding hydrogens is 206 g/mol. The number of aryl methyl sites for hydroxylation is 2. The van der Waals surface area contributed by atoms with Gasteiger partial charge in [0.1, 0.15) is 0 Å². The van der Waals surface area contributed by atoms with E-state index in [-0.39, 0.29) is 5.56 Å². The fourth-order valence-electron chi connectivity index (χ4n) is 1.01. The first-order valence-corrected chi connectivity index (χ1v) is 4.32. The fraction of sp³-hybridized carbons (Fsp3) is 0.375. The Bertz CT molecular complexity index is 316. The van der Waals surface area contributed by atoms with Crippen LogP contribution in [-0.4, -0.2) is 4.98 Å². The maximum absolute atomic E-state index is 11.0. The number of nitrogens with one attached hydrogen (secondary N) is 1. The SMILES string of the molecule is CCc1[nH]c(=O)c(Br)cc1C. The second-order valence-corrected chi connectivity index (χ2v) is 3.32. The molecule has 0 bridgehead atoms. The van der Waals surface area contributed by atoms with Crippen molar-refractivity contribution in [3.8, 4) is 0 Å². The van der Waals surface area contributed by atoms with Crippen molar-refractivity contribution < 1.29 is 0 Å². The monoisotopic (exact) mass is 215 g/mol. The minimum Gasteiger partial charge on any atom is -0.325 e. The predicted octanol–water partition coefficient (Wildman–Crippen LogP) is 2.01. The Hall–Kier alpha value is -0.570. The zero-order valence-corrected chi connectivity index (χ0v) is 8.16. The summed E-state index contributed by atoms with van der Waals surface area (Å²) in [7, 11) is 0. The molecule has 0 aliphatic carbocycles. The van der Waals surface area contributed by atoms with E-state index < -0.39 is 0 Å². The Balaban J connectivity index is 3.32. The average Bonchev–Trinajstić information content (AvgIpc) is 1.97. The van der Waals surface area contributed by atoms with Crippen molar-refractivity contribution in [2.75, 3.05) is 0 Å². The third kappa shape index (κ3) is 1.71. The second-order valence-electron chi connectivity index (χ2n) is 2.46. The van der Waals surface area contributed by atoms with Gasteiger partial charge in [-0.3, -0.25) is 4.79 Å². The highest BCUT2D eigenvalue weighted by molar-refractivity contribution is 9.10. The van der Waals surface area contributed by atoms with Crippen molar-refractivity contribution in [1.82, 2.24) is 4.98 Å². The molecule has 0 spiro atoms. The van der Waals surface area contributed by atoms with Crippen LogP contribution in [0.2, 0.25) is 0 Å². The van der Waals surface area contributed by atoms with Crippen LogP contribution in [0.25, 0.3) is 0 Å². The molecule has 0 aliphatic rings. The van der Waals surface area contributed by atoms with Gasteiger partial charge in [0.05, 0.1) is 4.47 Å². The number of rotatable bonds is 1. The maximum Gasteiger partial charge on any atom is 0.262 e. The van der Waals surface area contributed by atoms with Gasteiger partial charge in [0.25, 0.3) is 5.56 Å². The number of halogens is 1. The van der Waals surface area contributed by atoms with Crippen molar-refractivity contribution in [3.63, 3.8) is 0 Å². The molecule has 1 N–H and O–H groups in total. The van der Waals surface area contributed by atoms with Gasteiger partial charge in [0, 0.05) is 5.69 Å². The molecule has 1 rings (SSSR count). The van der Waals surface area contributed by atoms with Crippen molar-refractivity contribution in [1.29, 1.82) is 0 Å². The molecule has 0 radical (unpaired) electrons.